The molecule has 0 fully saturated rings. The van der Waals surface area contributed by atoms with Crippen LogP contribution in [-0.2, 0) is 13.0 Å². The van der Waals surface area contributed by atoms with Crippen molar-refractivity contribution in [2.75, 3.05) is 26.7 Å². The number of carbonyl (C=O) groups excluding carboxylic acids is 1. The summed E-state index contributed by atoms with van der Waals surface area (Å²) in [4.78, 5) is 17.7. The second-order valence-corrected chi connectivity index (χ2v) is 7.28. The maximum absolute atomic E-state index is 12.4. The number of aromatic amines is 1. The molecule has 0 spiro atoms. The van der Waals surface area contributed by atoms with Gasteiger partial charge in [-0.1, -0.05) is 24.3 Å². The number of carbonyl (C=O) groups is 1. The van der Waals surface area contributed by atoms with Gasteiger partial charge < -0.3 is 20.9 Å². The van der Waals surface area contributed by atoms with Crippen molar-refractivity contribution < 1.29 is 4.79 Å². The van der Waals surface area contributed by atoms with Crippen LogP contribution in [0.2, 0.25) is 0 Å². The summed E-state index contributed by atoms with van der Waals surface area (Å²) in [5.41, 5.74) is 10.1. The number of nitrogens with zero attached hydrogens (tertiary/aromatic N) is 2. The molecule has 0 saturated carbocycles. The summed E-state index contributed by atoms with van der Waals surface area (Å²) in [6, 6.07) is 17.7. The van der Waals surface area contributed by atoms with Crippen LogP contribution in [0.3, 0.4) is 0 Å². The summed E-state index contributed by atoms with van der Waals surface area (Å²) in [6.07, 6.45) is 2.09. The van der Waals surface area contributed by atoms with E-state index in [9.17, 15) is 4.79 Å². The molecular formula is C23H29Cl2N5O. The Hall–Kier alpha value is -2.56. The summed E-state index contributed by atoms with van der Waals surface area (Å²) in [5, 5.41) is 12.8. The normalized spacial score (nSPS) is 10.3. The molecule has 0 aliphatic carbocycles. The molecule has 0 aliphatic heterocycles. The van der Waals surface area contributed by atoms with Gasteiger partial charge in [-0.25, -0.2) is 0 Å². The van der Waals surface area contributed by atoms with Gasteiger partial charge in [-0.15, -0.1) is 24.8 Å². The number of nitriles is 1. The zero-order valence-electron chi connectivity index (χ0n) is 17.6. The van der Waals surface area contributed by atoms with Crippen molar-refractivity contribution in [2.45, 2.75) is 19.4 Å². The van der Waals surface area contributed by atoms with Crippen LogP contribution in [-0.4, -0.2) is 42.5 Å². The Labute approximate surface area is 195 Å². The van der Waals surface area contributed by atoms with Crippen LogP contribution in [0.4, 0.5) is 0 Å². The van der Waals surface area contributed by atoms with Crippen LogP contribution in [0.1, 0.15) is 33.6 Å². The van der Waals surface area contributed by atoms with E-state index in [0.717, 1.165) is 42.4 Å². The Bertz CT molecular complexity index is 1010. The molecule has 0 saturated heterocycles. The lowest BCUT2D eigenvalue weighted by Crippen LogP contribution is -2.33. The summed E-state index contributed by atoms with van der Waals surface area (Å²) in [5.74, 6) is -0.131. The van der Waals surface area contributed by atoms with E-state index in [4.69, 9.17) is 11.0 Å². The second kappa shape index (κ2) is 13.0. The number of halogens is 2. The Balaban J connectivity index is 0.00000240. The molecule has 0 radical (unpaired) electrons. The van der Waals surface area contributed by atoms with Crippen molar-refractivity contribution >= 4 is 41.6 Å². The van der Waals surface area contributed by atoms with Gasteiger partial charge in [0.25, 0.3) is 5.91 Å². The molecular weight excluding hydrogens is 433 g/mol. The van der Waals surface area contributed by atoms with Crippen molar-refractivity contribution in [3.05, 3.63) is 70.9 Å². The van der Waals surface area contributed by atoms with Gasteiger partial charge >= 0.3 is 0 Å². The van der Waals surface area contributed by atoms with E-state index in [2.05, 4.69) is 52.6 Å². The SMILES string of the molecule is CN(CCCc1ccc(CN)cc1)CCNC(=O)c1cc2cc(C#N)ccc2[nH]1.Cl.Cl. The van der Waals surface area contributed by atoms with Crippen LogP contribution >= 0.6 is 24.8 Å². The van der Waals surface area contributed by atoms with Crippen LogP contribution in [0.15, 0.2) is 48.5 Å². The highest BCUT2D eigenvalue weighted by Crippen LogP contribution is 2.17. The van der Waals surface area contributed by atoms with E-state index < -0.39 is 0 Å². The van der Waals surface area contributed by atoms with Gasteiger partial charge in [0.1, 0.15) is 5.69 Å². The molecule has 3 aromatic rings. The topological polar surface area (TPSA) is 97.9 Å². The minimum absolute atomic E-state index is 0. The van der Waals surface area contributed by atoms with Crippen molar-refractivity contribution in [3.63, 3.8) is 0 Å². The summed E-state index contributed by atoms with van der Waals surface area (Å²) >= 11 is 0. The maximum atomic E-state index is 12.4. The Morgan fingerprint density at radius 1 is 1.10 bits per heavy atom. The number of nitrogens with two attached hydrogens (primary N) is 1. The number of aromatic nitrogens is 1. The first-order valence-electron chi connectivity index (χ1n) is 9.86. The molecule has 6 nitrogen and oxygen atoms in total. The number of amides is 1. The first-order chi connectivity index (χ1) is 14.1. The Kier molecular flexibility index (Phi) is 11.1. The van der Waals surface area contributed by atoms with Crippen molar-refractivity contribution in [3.8, 4) is 6.07 Å². The Morgan fingerprint density at radius 2 is 1.81 bits per heavy atom. The number of hydrogen-bond acceptors (Lipinski definition) is 4. The third-order valence-electron chi connectivity index (χ3n) is 5.04. The molecule has 1 heterocycles. The molecule has 0 aliphatic rings. The van der Waals surface area contributed by atoms with Crippen LogP contribution < -0.4 is 11.1 Å². The van der Waals surface area contributed by atoms with Crippen molar-refractivity contribution in [1.82, 2.24) is 15.2 Å². The molecule has 166 valence electrons. The number of hydrogen-bond donors (Lipinski definition) is 3. The molecule has 1 amide bonds. The minimum atomic E-state index is -0.131. The number of benzene rings is 2. The lowest BCUT2D eigenvalue weighted by Gasteiger charge is -2.16. The fourth-order valence-electron chi connectivity index (χ4n) is 3.29. The van der Waals surface area contributed by atoms with E-state index in [1.165, 1.54) is 5.56 Å². The van der Waals surface area contributed by atoms with Gasteiger partial charge in [0.15, 0.2) is 0 Å². The van der Waals surface area contributed by atoms with Gasteiger partial charge in [0.2, 0.25) is 0 Å². The molecule has 31 heavy (non-hydrogen) atoms. The number of likely N-dealkylation sites (N-methyl/N-ethyl adjacent to an activating group) is 1. The number of H-pyrrole nitrogens is 1. The number of fused-ring (bicyclic) bond motifs is 1. The zero-order chi connectivity index (χ0) is 20.6. The highest BCUT2D eigenvalue weighted by atomic mass is 35.5. The average Bonchev–Trinajstić information content (AvgIpc) is 3.17. The van der Waals surface area contributed by atoms with Crippen LogP contribution in [0.5, 0.6) is 0 Å². The lowest BCUT2D eigenvalue weighted by atomic mass is 10.1. The fraction of sp³-hybridized carbons (Fsp3) is 0.304. The predicted molar refractivity (Wildman–Crippen MR) is 130 cm³/mol. The highest BCUT2D eigenvalue weighted by molar-refractivity contribution is 5.98. The predicted octanol–water partition coefficient (Wildman–Crippen LogP) is 3.64. The van der Waals surface area contributed by atoms with Crippen molar-refractivity contribution in [2.24, 2.45) is 5.73 Å². The fourth-order valence-corrected chi connectivity index (χ4v) is 3.29. The van der Waals surface area contributed by atoms with Gasteiger partial charge in [-0.05, 0) is 61.8 Å². The quantitative estimate of drug-likeness (QED) is 0.452. The first kappa shape index (κ1) is 26.5. The molecule has 0 unspecified atom stereocenters. The molecule has 3 rings (SSSR count). The van der Waals surface area contributed by atoms with E-state index >= 15 is 0 Å². The van der Waals surface area contributed by atoms with Gasteiger partial charge in [0.05, 0.1) is 11.6 Å². The third kappa shape index (κ3) is 7.57. The first-order valence-corrected chi connectivity index (χ1v) is 9.86. The van der Waals surface area contributed by atoms with Crippen molar-refractivity contribution in [1.29, 1.82) is 5.26 Å². The van der Waals surface area contributed by atoms with Crippen LogP contribution in [0, 0.1) is 11.3 Å². The summed E-state index contributed by atoms with van der Waals surface area (Å²) in [7, 11) is 2.07. The molecule has 4 N–H and O–H groups in total. The largest absolute Gasteiger partial charge is 0.351 e. The summed E-state index contributed by atoms with van der Waals surface area (Å²) < 4.78 is 0. The summed E-state index contributed by atoms with van der Waals surface area (Å²) in [6.45, 7) is 2.92. The monoisotopic (exact) mass is 461 g/mol. The number of nitrogens with one attached hydrogen (secondary N) is 2. The maximum Gasteiger partial charge on any atom is 0.267 e. The van der Waals surface area contributed by atoms with E-state index in [0.29, 0.717) is 24.3 Å². The van der Waals surface area contributed by atoms with Crippen LogP contribution in [0.25, 0.3) is 10.9 Å². The zero-order valence-corrected chi connectivity index (χ0v) is 19.2. The third-order valence-corrected chi connectivity index (χ3v) is 5.04. The van der Waals surface area contributed by atoms with Gasteiger partial charge in [0, 0.05) is 30.5 Å². The molecule has 1 aromatic heterocycles. The van der Waals surface area contributed by atoms with E-state index in [1.54, 1.807) is 18.2 Å². The van der Waals surface area contributed by atoms with E-state index in [1.807, 2.05) is 6.07 Å². The Morgan fingerprint density at radius 3 is 2.48 bits per heavy atom. The standard InChI is InChI=1S/C23H27N5O.2ClH/c1-28(11-2-3-17-4-6-18(15-24)7-5-17)12-10-26-23(29)22-14-20-13-19(16-25)8-9-21(20)27-22;;/h4-9,13-14,27H,2-3,10-12,15,24H2,1H3,(H,26,29);2*1H. The number of rotatable bonds is 9. The molecule has 0 atom stereocenters. The van der Waals surface area contributed by atoms with Gasteiger partial charge in [-0.2, -0.15) is 5.26 Å². The number of aryl methyl sites for hydroxylation is 1. The average molecular weight is 462 g/mol. The highest BCUT2D eigenvalue weighted by Gasteiger charge is 2.10. The second-order valence-electron chi connectivity index (χ2n) is 7.28. The molecule has 2 aromatic carbocycles. The minimum Gasteiger partial charge on any atom is -0.351 e. The smallest absolute Gasteiger partial charge is 0.267 e. The van der Waals surface area contributed by atoms with Gasteiger partial charge in [-0.3, -0.25) is 4.79 Å². The molecule has 8 heteroatoms. The van der Waals surface area contributed by atoms with E-state index in [-0.39, 0.29) is 30.7 Å². The molecule has 0 bridgehead atoms. The lowest BCUT2D eigenvalue weighted by molar-refractivity contribution is 0.0945.